The van der Waals surface area contributed by atoms with Gasteiger partial charge in [-0.25, -0.2) is 0 Å². The van der Waals surface area contributed by atoms with E-state index < -0.39 is 0 Å². The highest BCUT2D eigenvalue weighted by molar-refractivity contribution is 5.77. The maximum absolute atomic E-state index is 11.5. The average molecular weight is 212 g/mol. The van der Waals surface area contributed by atoms with Crippen molar-refractivity contribution in [3.8, 4) is 0 Å². The highest BCUT2D eigenvalue weighted by atomic mass is 16.5. The van der Waals surface area contributed by atoms with Gasteiger partial charge in [-0.2, -0.15) is 0 Å². The first kappa shape index (κ1) is 10.9. The Morgan fingerprint density at radius 3 is 2.93 bits per heavy atom. The molecule has 2 rings (SSSR count). The highest BCUT2D eigenvalue weighted by Crippen LogP contribution is 2.27. The molecule has 0 aliphatic carbocycles. The summed E-state index contributed by atoms with van der Waals surface area (Å²) in [6.45, 7) is 4.44. The topological polar surface area (TPSA) is 55.6 Å². The molecule has 3 unspecified atom stereocenters. The third kappa shape index (κ3) is 2.01. The minimum atomic E-state index is -0.0532. The van der Waals surface area contributed by atoms with E-state index in [2.05, 4.69) is 11.8 Å². The van der Waals surface area contributed by atoms with Crippen LogP contribution in [0.5, 0.6) is 0 Å². The standard InChI is InChI=1S/C11H20N2O2/c1-8-3-2-5-13(10(8)7-12)9-4-6-15-11(9)14/h8-10H,2-7,12H2,1H3. The third-order valence-corrected chi connectivity index (χ3v) is 3.71. The predicted molar refractivity (Wildman–Crippen MR) is 57.3 cm³/mol. The molecule has 0 saturated carbocycles. The van der Waals surface area contributed by atoms with E-state index in [1.165, 1.54) is 12.8 Å². The van der Waals surface area contributed by atoms with Gasteiger partial charge in [0.25, 0.3) is 0 Å². The Bertz CT molecular complexity index is 245. The molecule has 3 atom stereocenters. The summed E-state index contributed by atoms with van der Waals surface area (Å²) in [6, 6.07) is 0.329. The summed E-state index contributed by atoms with van der Waals surface area (Å²) in [4.78, 5) is 13.8. The molecule has 0 amide bonds. The summed E-state index contributed by atoms with van der Waals surface area (Å²) in [7, 11) is 0. The highest BCUT2D eigenvalue weighted by Gasteiger charge is 2.39. The quantitative estimate of drug-likeness (QED) is 0.672. The fourth-order valence-corrected chi connectivity index (χ4v) is 2.82. The first-order valence-electron chi connectivity index (χ1n) is 5.86. The molecule has 0 radical (unpaired) electrons. The van der Waals surface area contributed by atoms with Gasteiger partial charge in [-0.3, -0.25) is 9.69 Å². The van der Waals surface area contributed by atoms with Gasteiger partial charge in [0.15, 0.2) is 0 Å². The van der Waals surface area contributed by atoms with Crippen LogP contribution < -0.4 is 5.73 Å². The third-order valence-electron chi connectivity index (χ3n) is 3.71. The summed E-state index contributed by atoms with van der Waals surface area (Å²) < 4.78 is 5.03. The summed E-state index contributed by atoms with van der Waals surface area (Å²) in [6.07, 6.45) is 3.23. The first-order valence-corrected chi connectivity index (χ1v) is 5.86. The Morgan fingerprint density at radius 1 is 1.53 bits per heavy atom. The molecule has 15 heavy (non-hydrogen) atoms. The van der Waals surface area contributed by atoms with Crippen LogP contribution in [0.4, 0.5) is 0 Å². The molecule has 0 bridgehead atoms. The molecular weight excluding hydrogens is 192 g/mol. The lowest BCUT2D eigenvalue weighted by Gasteiger charge is -2.41. The number of cyclic esters (lactones) is 1. The monoisotopic (exact) mass is 212 g/mol. The zero-order valence-electron chi connectivity index (χ0n) is 9.32. The number of carbonyl (C=O) groups is 1. The molecule has 2 heterocycles. The Labute approximate surface area is 90.8 Å². The van der Waals surface area contributed by atoms with Gasteiger partial charge in [0.05, 0.1) is 6.61 Å². The van der Waals surface area contributed by atoms with Crippen molar-refractivity contribution in [1.82, 2.24) is 4.90 Å². The van der Waals surface area contributed by atoms with Crippen LogP contribution in [0.2, 0.25) is 0 Å². The molecule has 86 valence electrons. The summed E-state index contributed by atoms with van der Waals surface area (Å²) in [5.74, 6) is 0.541. The van der Waals surface area contributed by atoms with Gasteiger partial charge in [0, 0.05) is 19.0 Å². The number of carbonyl (C=O) groups excluding carboxylic acids is 1. The number of nitrogens with two attached hydrogens (primary N) is 1. The molecule has 2 fully saturated rings. The summed E-state index contributed by atoms with van der Waals surface area (Å²) >= 11 is 0. The van der Waals surface area contributed by atoms with Crippen LogP contribution in [0.3, 0.4) is 0 Å². The van der Waals surface area contributed by atoms with Crippen LogP contribution in [-0.2, 0) is 9.53 Å². The fraction of sp³-hybridized carbons (Fsp3) is 0.909. The van der Waals surface area contributed by atoms with Crippen molar-refractivity contribution in [3.05, 3.63) is 0 Å². The van der Waals surface area contributed by atoms with E-state index in [4.69, 9.17) is 10.5 Å². The van der Waals surface area contributed by atoms with Crippen molar-refractivity contribution in [3.63, 3.8) is 0 Å². The fourth-order valence-electron chi connectivity index (χ4n) is 2.82. The number of ether oxygens (including phenoxy) is 1. The van der Waals surface area contributed by atoms with Gasteiger partial charge in [-0.15, -0.1) is 0 Å². The number of hydrogen-bond donors (Lipinski definition) is 1. The SMILES string of the molecule is CC1CCCN(C2CCOC2=O)C1CN. The summed E-state index contributed by atoms with van der Waals surface area (Å²) in [5.41, 5.74) is 5.80. The van der Waals surface area contributed by atoms with E-state index in [1.54, 1.807) is 0 Å². The number of nitrogens with zero attached hydrogens (tertiary/aromatic N) is 1. The molecule has 2 aliphatic rings. The van der Waals surface area contributed by atoms with Gasteiger partial charge in [0.1, 0.15) is 6.04 Å². The van der Waals surface area contributed by atoms with E-state index in [9.17, 15) is 4.79 Å². The first-order chi connectivity index (χ1) is 7.24. The molecule has 2 saturated heterocycles. The Hall–Kier alpha value is -0.610. The Balaban J connectivity index is 2.08. The number of piperidine rings is 1. The van der Waals surface area contributed by atoms with Gasteiger partial charge >= 0.3 is 5.97 Å². The van der Waals surface area contributed by atoms with Crippen LogP contribution in [0.15, 0.2) is 0 Å². The number of likely N-dealkylation sites (tertiary alicyclic amines) is 1. The molecule has 4 heteroatoms. The lowest BCUT2D eigenvalue weighted by molar-refractivity contribution is -0.143. The van der Waals surface area contributed by atoms with E-state index in [0.717, 1.165) is 13.0 Å². The summed E-state index contributed by atoms with van der Waals surface area (Å²) in [5, 5.41) is 0. The van der Waals surface area contributed by atoms with E-state index in [0.29, 0.717) is 25.1 Å². The van der Waals surface area contributed by atoms with Crippen LogP contribution in [-0.4, -0.2) is 42.6 Å². The number of esters is 1. The smallest absolute Gasteiger partial charge is 0.323 e. The molecule has 0 spiro atoms. The van der Waals surface area contributed by atoms with Gasteiger partial charge in [-0.1, -0.05) is 6.92 Å². The van der Waals surface area contributed by atoms with Gasteiger partial charge in [0.2, 0.25) is 0 Å². The minimum absolute atomic E-state index is 0.0266. The van der Waals surface area contributed by atoms with E-state index >= 15 is 0 Å². The molecule has 2 aliphatic heterocycles. The van der Waals surface area contributed by atoms with Crippen molar-refractivity contribution in [2.75, 3.05) is 19.7 Å². The Morgan fingerprint density at radius 2 is 2.33 bits per heavy atom. The normalized spacial score (nSPS) is 38.0. The van der Waals surface area contributed by atoms with Crippen molar-refractivity contribution in [2.24, 2.45) is 11.7 Å². The maximum Gasteiger partial charge on any atom is 0.323 e. The molecule has 0 aromatic rings. The second-order valence-electron chi connectivity index (χ2n) is 4.63. The second kappa shape index (κ2) is 4.49. The zero-order valence-corrected chi connectivity index (χ0v) is 9.32. The minimum Gasteiger partial charge on any atom is -0.464 e. The maximum atomic E-state index is 11.5. The van der Waals surface area contributed by atoms with E-state index in [-0.39, 0.29) is 12.0 Å². The van der Waals surface area contributed by atoms with Crippen molar-refractivity contribution in [2.45, 2.75) is 38.3 Å². The average Bonchev–Trinajstić information content (AvgIpc) is 2.64. The zero-order chi connectivity index (χ0) is 10.8. The van der Waals surface area contributed by atoms with E-state index in [1.807, 2.05) is 0 Å². The molecule has 2 N–H and O–H groups in total. The van der Waals surface area contributed by atoms with Crippen molar-refractivity contribution in [1.29, 1.82) is 0 Å². The van der Waals surface area contributed by atoms with Gasteiger partial charge < -0.3 is 10.5 Å². The van der Waals surface area contributed by atoms with Crippen LogP contribution in [0.1, 0.15) is 26.2 Å². The lowest BCUT2D eigenvalue weighted by atomic mass is 9.89. The number of rotatable bonds is 2. The van der Waals surface area contributed by atoms with Crippen LogP contribution >= 0.6 is 0 Å². The predicted octanol–water partition coefficient (Wildman–Crippen LogP) is 0.361. The lowest BCUT2D eigenvalue weighted by Crippen LogP contribution is -2.54. The largest absolute Gasteiger partial charge is 0.464 e. The van der Waals surface area contributed by atoms with Crippen molar-refractivity contribution < 1.29 is 9.53 Å². The molecule has 0 aromatic heterocycles. The Kier molecular flexibility index (Phi) is 3.26. The second-order valence-corrected chi connectivity index (χ2v) is 4.63. The van der Waals surface area contributed by atoms with Crippen molar-refractivity contribution >= 4 is 5.97 Å². The van der Waals surface area contributed by atoms with Crippen LogP contribution in [0.25, 0.3) is 0 Å². The van der Waals surface area contributed by atoms with Crippen LogP contribution in [0, 0.1) is 5.92 Å². The number of hydrogen-bond acceptors (Lipinski definition) is 4. The van der Waals surface area contributed by atoms with Gasteiger partial charge in [-0.05, 0) is 25.3 Å². The molecule has 4 nitrogen and oxygen atoms in total. The molecule has 0 aromatic carbocycles. The molecular formula is C11H20N2O2.